The van der Waals surface area contributed by atoms with Crippen molar-refractivity contribution in [1.82, 2.24) is 49.8 Å². The van der Waals surface area contributed by atoms with Crippen molar-refractivity contribution < 1.29 is 0 Å². The van der Waals surface area contributed by atoms with E-state index in [0.717, 1.165) is 210 Å². The largest absolute Gasteiger partial charge is 0.256 e. The number of pyridine rings is 10. The minimum atomic E-state index is 0.904. The van der Waals surface area contributed by atoms with Crippen molar-refractivity contribution in [3.63, 3.8) is 0 Å². The van der Waals surface area contributed by atoms with Gasteiger partial charge in [0.1, 0.15) is 0 Å². The summed E-state index contributed by atoms with van der Waals surface area (Å²) in [6.07, 6.45) is 7.36. The van der Waals surface area contributed by atoms with Gasteiger partial charge in [-0.2, -0.15) is 0 Å². The minimum Gasteiger partial charge on any atom is -0.256 e. The first-order valence-electron chi connectivity index (χ1n) is 35.4. The Morgan fingerprint density at radius 2 is 0.472 bits per heavy atom. The lowest BCUT2D eigenvalue weighted by atomic mass is 9.98. The Hall–Kier alpha value is -14.5. The van der Waals surface area contributed by atoms with Crippen LogP contribution in [0, 0.1) is 0 Å². The molecule has 106 heavy (non-hydrogen) atoms. The molecule has 21 aromatic rings. The van der Waals surface area contributed by atoms with Crippen LogP contribution in [0.2, 0.25) is 0 Å². The second-order valence-corrected chi connectivity index (χ2v) is 26.7. The zero-order valence-electron chi connectivity index (χ0n) is 57.0. The molecule has 0 fully saturated rings. The fourth-order valence-corrected chi connectivity index (χ4v) is 14.8. The third-order valence-corrected chi connectivity index (χ3v) is 20.3. The van der Waals surface area contributed by atoms with Crippen LogP contribution in [0.5, 0.6) is 0 Å². The van der Waals surface area contributed by atoms with Crippen molar-refractivity contribution in [2.45, 2.75) is 0 Å². The molecule has 10 aromatic heterocycles. The van der Waals surface area contributed by atoms with Gasteiger partial charge >= 0.3 is 0 Å². The average molecular weight is 1350 g/mol. The van der Waals surface area contributed by atoms with Gasteiger partial charge in [0.25, 0.3) is 0 Å². The molecule has 10 heteroatoms. The number of hydrogen-bond acceptors (Lipinski definition) is 10. The first-order chi connectivity index (χ1) is 52.4. The highest BCUT2D eigenvalue weighted by molar-refractivity contribution is 6.09. The molecular formula is C96H58N10. The van der Waals surface area contributed by atoms with Crippen LogP contribution in [0.1, 0.15) is 0 Å². The van der Waals surface area contributed by atoms with Gasteiger partial charge in [-0.3, -0.25) is 19.9 Å². The number of benzene rings is 11. The summed E-state index contributed by atoms with van der Waals surface area (Å²) in [6.45, 7) is 0. The Kier molecular flexibility index (Phi) is 15.0. The van der Waals surface area contributed by atoms with Crippen molar-refractivity contribution in [2.75, 3.05) is 0 Å². The lowest BCUT2D eigenvalue weighted by Crippen LogP contribution is -1.91. The molecule has 0 radical (unpaired) electrons. The van der Waals surface area contributed by atoms with Crippen molar-refractivity contribution in [1.29, 1.82) is 0 Å². The van der Waals surface area contributed by atoms with Crippen molar-refractivity contribution in [3.8, 4) is 101 Å². The Balaban J connectivity index is 0.000000141. The molecule has 0 aliphatic rings. The van der Waals surface area contributed by atoms with Gasteiger partial charge < -0.3 is 0 Å². The van der Waals surface area contributed by atoms with E-state index in [0.29, 0.717) is 0 Å². The average Bonchev–Trinajstić information content (AvgIpc) is 0.782. The highest BCUT2D eigenvalue weighted by Crippen LogP contribution is 2.38. The van der Waals surface area contributed by atoms with Crippen LogP contribution in [0.25, 0.3) is 210 Å². The Labute approximate surface area is 608 Å². The van der Waals surface area contributed by atoms with E-state index in [-0.39, 0.29) is 0 Å². The van der Waals surface area contributed by atoms with E-state index in [1.165, 1.54) is 0 Å². The molecule has 0 N–H and O–H groups in total. The summed E-state index contributed by atoms with van der Waals surface area (Å²) >= 11 is 0. The van der Waals surface area contributed by atoms with E-state index >= 15 is 0 Å². The fourth-order valence-electron chi connectivity index (χ4n) is 14.8. The van der Waals surface area contributed by atoms with E-state index < -0.39 is 0 Å². The van der Waals surface area contributed by atoms with Crippen LogP contribution in [0.4, 0.5) is 0 Å². The van der Waals surface area contributed by atoms with Gasteiger partial charge in [0.15, 0.2) is 0 Å². The number of para-hydroxylation sites is 2. The Bertz CT molecular complexity index is 7080. The molecular weight excluding hydrogens is 1290 g/mol. The third kappa shape index (κ3) is 11.4. The number of rotatable bonds is 9. The fraction of sp³-hybridized carbons (Fsp3) is 0. The molecule has 0 atom stereocenters. The molecule has 0 saturated carbocycles. The SMILES string of the molecule is c1ccc(-c2ccc3ccc4ccc(-c5ccc(-c6ccc7cc(-c8ccc9nc(-c%10cccc%11cccnc%10%11)ccc9c8)ccc7n6)cc5)nc4c3n2)cc1.c1cnc2c(-c3ccc4cc(-c5ccc6nc(-c7ccc(-c8ccnc9c8ccc8cccnc89)cc7)ccc6c5)ccc4n3)cccc2c1. The maximum absolute atomic E-state index is 5.14. The maximum atomic E-state index is 5.14. The Morgan fingerprint density at radius 3 is 0.925 bits per heavy atom. The van der Waals surface area contributed by atoms with Crippen LogP contribution in [-0.2, 0) is 0 Å². The number of nitrogens with zero attached hydrogens (tertiary/aromatic N) is 10. The van der Waals surface area contributed by atoms with Gasteiger partial charge in [0, 0.05) is 112 Å². The minimum absolute atomic E-state index is 0.904. The smallest absolute Gasteiger partial charge is 0.0972 e. The topological polar surface area (TPSA) is 129 Å². The number of fused-ring (bicyclic) bond motifs is 12. The predicted octanol–water partition coefficient (Wildman–Crippen LogP) is 23.9. The molecule has 0 saturated heterocycles. The van der Waals surface area contributed by atoms with Crippen LogP contribution in [0.15, 0.2) is 352 Å². The van der Waals surface area contributed by atoms with Gasteiger partial charge in [-0.05, 0) is 143 Å². The zero-order valence-corrected chi connectivity index (χ0v) is 57.0. The molecule has 0 aliphatic heterocycles. The van der Waals surface area contributed by atoms with Gasteiger partial charge in [0.2, 0.25) is 0 Å². The molecule has 0 bridgehead atoms. The standard InChI is InChI=1S/C51H31N5.C45H27N5/c1-2-6-32(7-3-1)44-23-17-36-15-16-37-18-24-45(56-51(37)50(36)55-44)34-13-11-33(12-14-34)43-27-21-40-30-38(19-25-46(40)53-43)39-20-26-47-41(31-39)22-28-48(54-47)42-10-4-8-35-9-5-29-52-49(35)42;1-4-30-5-2-23-46-43(30)38(7-1)42-21-16-35-27-33(14-19-41(35)50-42)32-13-18-40-34(26-32)15-20-39(49-40)29-10-8-28(9-11-29)36-22-25-48-45-37(36)17-12-31-6-3-24-47-44(31)45/h1-31H;1-27H. The van der Waals surface area contributed by atoms with Crippen molar-refractivity contribution in [2.24, 2.45) is 0 Å². The molecule has 0 spiro atoms. The highest BCUT2D eigenvalue weighted by atomic mass is 14.8. The first kappa shape index (κ1) is 61.4. The second kappa shape index (κ2) is 25.8. The normalized spacial score (nSPS) is 11.6. The lowest BCUT2D eigenvalue weighted by molar-refractivity contribution is 1.36. The number of aromatic nitrogens is 10. The van der Waals surface area contributed by atoms with Crippen molar-refractivity contribution >= 4 is 109 Å². The van der Waals surface area contributed by atoms with Gasteiger partial charge in [-0.15, -0.1) is 0 Å². The maximum Gasteiger partial charge on any atom is 0.0972 e. The van der Waals surface area contributed by atoms with E-state index in [1.807, 2.05) is 61.2 Å². The zero-order chi connectivity index (χ0) is 70.0. The predicted molar refractivity (Wildman–Crippen MR) is 435 cm³/mol. The van der Waals surface area contributed by atoms with Crippen LogP contribution in [-0.4, -0.2) is 49.8 Å². The van der Waals surface area contributed by atoms with Crippen LogP contribution < -0.4 is 0 Å². The molecule has 21 rings (SSSR count). The van der Waals surface area contributed by atoms with E-state index in [9.17, 15) is 0 Å². The van der Waals surface area contributed by atoms with Gasteiger partial charge in [-0.25, -0.2) is 29.9 Å². The van der Waals surface area contributed by atoms with Crippen LogP contribution in [0.3, 0.4) is 0 Å². The summed E-state index contributed by atoms with van der Waals surface area (Å²) in [5, 5.41) is 10.9. The molecule has 10 nitrogen and oxygen atoms in total. The molecule has 0 unspecified atom stereocenters. The van der Waals surface area contributed by atoms with E-state index in [1.54, 1.807) is 0 Å². The third-order valence-electron chi connectivity index (χ3n) is 20.3. The lowest BCUT2D eigenvalue weighted by Gasteiger charge is -2.10. The summed E-state index contributed by atoms with van der Waals surface area (Å²) in [7, 11) is 0. The van der Waals surface area contributed by atoms with E-state index in [4.69, 9.17) is 29.9 Å². The highest BCUT2D eigenvalue weighted by Gasteiger charge is 2.16. The summed E-state index contributed by atoms with van der Waals surface area (Å²) in [5.74, 6) is 0. The van der Waals surface area contributed by atoms with Crippen LogP contribution >= 0.6 is 0 Å². The summed E-state index contributed by atoms with van der Waals surface area (Å²) in [6, 6.07) is 114. The Morgan fingerprint density at radius 1 is 0.151 bits per heavy atom. The molecule has 492 valence electrons. The van der Waals surface area contributed by atoms with Gasteiger partial charge in [0.05, 0.1) is 89.3 Å². The summed E-state index contributed by atoms with van der Waals surface area (Å²) < 4.78 is 0. The van der Waals surface area contributed by atoms with Gasteiger partial charge in [-0.1, -0.05) is 218 Å². The molecule has 10 heterocycles. The van der Waals surface area contributed by atoms with E-state index in [2.05, 4.69) is 311 Å². The summed E-state index contributed by atoms with van der Waals surface area (Å²) in [4.78, 5) is 48.9. The monoisotopic (exact) mass is 1350 g/mol. The quantitative estimate of drug-likeness (QED) is 0.129. The second-order valence-electron chi connectivity index (χ2n) is 26.7. The molecule has 11 aromatic carbocycles. The van der Waals surface area contributed by atoms with Crippen molar-refractivity contribution in [3.05, 3.63) is 352 Å². The first-order valence-corrected chi connectivity index (χ1v) is 35.4. The molecule has 0 amide bonds. The molecule has 0 aliphatic carbocycles. The number of hydrogen-bond donors (Lipinski definition) is 0. The summed E-state index contributed by atoms with van der Waals surface area (Å²) in [5.41, 5.74) is 28.2.